The van der Waals surface area contributed by atoms with Crippen molar-refractivity contribution < 1.29 is 19.1 Å². The predicted octanol–water partition coefficient (Wildman–Crippen LogP) is 4.67. The van der Waals surface area contributed by atoms with Crippen LogP contribution in [-0.2, 0) is 19.1 Å². The van der Waals surface area contributed by atoms with Crippen molar-refractivity contribution >= 4 is 11.9 Å². The van der Waals surface area contributed by atoms with Crippen molar-refractivity contribution in [1.29, 1.82) is 0 Å². The van der Waals surface area contributed by atoms with Gasteiger partial charge in [-0.05, 0) is 74.0 Å². The van der Waals surface area contributed by atoms with Crippen molar-refractivity contribution in [3.63, 3.8) is 0 Å². The molecule has 4 aliphatic carbocycles. The SMILES string of the molecule is CC(=O)O[C@@H]1CC2C3CCC4CC=CCC4(C)C3CCC2(C)[C@H]1OC(C)=O. The first kappa shape index (κ1) is 19.0. The maximum Gasteiger partial charge on any atom is 0.303 e. The summed E-state index contributed by atoms with van der Waals surface area (Å²) in [5.41, 5.74) is 0.316. The molecule has 150 valence electrons. The number of fused-ring (bicyclic) bond motifs is 5. The summed E-state index contributed by atoms with van der Waals surface area (Å²) in [4.78, 5) is 23.5. The zero-order chi connectivity index (χ0) is 19.4. The van der Waals surface area contributed by atoms with Crippen LogP contribution in [-0.4, -0.2) is 24.1 Å². The van der Waals surface area contributed by atoms with Crippen LogP contribution in [0.1, 0.15) is 72.6 Å². The Labute approximate surface area is 163 Å². The van der Waals surface area contributed by atoms with Gasteiger partial charge in [-0.2, -0.15) is 0 Å². The quantitative estimate of drug-likeness (QED) is 0.521. The molecule has 0 bridgehead atoms. The molecular formula is C23H34O4. The molecule has 0 spiro atoms. The molecule has 0 aromatic carbocycles. The first-order valence-electron chi connectivity index (χ1n) is 10.7. The fraction of sp³-hybridized carbons (Fsp3) is 0.826. The molecule has 0 aromatic rings. The van der Waals surface area contributed by atoms with E-state index in [9.17, 15) is 9.59 Å². The van der Waals surface area contributed by atoms with E-state index in [-0.39, 0.29) is 29.6 Å². The van der Waals surface area contributed by atoms with Crippen LogP contribution in [0.15, 0.2) is 12.2 Å². The van der Waals surface area contributed by atoms with Crippen molar-refractivity contribution in [2.45, 2.75) is 84.8 Å². The van der Waals surface area contributed by atoms with E-state index >= 15 is 0 Å². The lowest BCUT2D eigenvalue weighted by Crippen LogP contribution is -2.53. The van der Waals surface area contributed by atoms with Gasteiger partial charge < -0.3 is 9.47 Å². The third-order valence-electron chi connectivity index (χ3n) is 8.73. The topological polar surface area (TPSA) is 52.6 Å². The molecule has 3 saturated carbocycles. The van der Waals surface area contributed by atoms with Gasteiger partial charge >= 0.3 is 11.9 Å². The van der Waals surface area contributed by atoms with Gasteiger partial charge in [0.2, 0.25) is 0 Å². The highest BCUT2D eigenvalue weighted by molar-refractivity contribution is 5.67. The smallest absolute Gasteiger partial charge is 0.303 e. The highest BCUT2D eigenvalue weighted by atomic mass is 16.6. The maximum absolute atomic E-state index is 11.8. The standard InChI is InChI=1S/C23H34O4/c1-14(24)26-20-13-19-17-9-8-16-7-5-6-11-22(16,3)18(17)10-12-23(19,4)21(20)27-15(2)25/h5-6,16-21H,7-13H2,1-4H3/t16?,17?,18?,19?,20-,21+,22?,23?/m1/s1. The molecule has 4 nitrogen and oxygen atoms in total. The Morgan fingerprint density at radius 2 is 1.67 bits per heavy atom. The van der Waals surface area contributed by atoms with Gasteiger partial charge in [0.1, 0.15) is 12.2 Å². The summed E-state index contributed by atoms with van der Waals surface area (Å²) in [5.74, 6) is 2.11. The summed E-state index contributed by atoms with van der Waals surface area (Å²) >= 11 is 0. The fourth-order valence-corrected chi connectivity index (χ4v) is 7.49. The highest BCUT2D eigenvalue weighted by Crippen LogP contribution is 2.66. The van der Waals surface area contributed by atoms with Crippen LogP contribution in [0.2, 0.25) is 0 Å². The lowest BCUT2D eigenvalue weighted by molar-refractivity contribution is -0.174. The minimum absolute atomic E-state index is 0.0827. The van der Waals surface area contributed by atoms with Crippen molar-refractivity contribution in [1.82, 2.24) is 0 Å². The second-order valence-electron chi connectivity index (χ2n) is 10.0. The Morgan fingerprint density at radius 1 is 0.926 bits per heavy atom. The number of carbonyl (C=O) groups is 2. The molecule has 0 radical (unpaired) electrons. The van der Waals surface area contributed by atoms with Crippen LogP contribution < -0.4 is 0 Å². The van der Waals surface area contributed by atoms with Gasteiger partial charge in [0, 0.05) is 19.3 Å². The van der Waals surface area contributed by atoms with E-state index in [1.54, 1.807) is 0 Å². The summed E-state index contributed by atoms with van der Waals surface area (Å²) in [5, 5.41) is 0. The molecular weight excluding hydrogens is 340 g/mol. The van der Waals surface area contributed by atoms with Crippen molar-refractivity contribution in [3.05, 3.63) is 12.2 Å². The normalized spacial score (nSPS) is 48.1. The van der Waals surface area contributed by atoms with Crippen LogP contribution in [0, 0.1) is 34.5 Å². The number of esters is 2. The van der Waals surface area contributed by atoms with E-state index in [4.69, 9.17) is 9.47 Å². The number of rotatable bonds is 2. The number of hydrogen-bond donors (Lipinski definition) is 0. The largest absolute Gasteiger partial charge is 0.459 e. The zero-order valence-corrected chi connectivity index (χ0v) is 17.2. The number of ether oxygens (including phenoxy) is 2. The summed E-state index contributed by atoms with van der Waals surface area (Å²) in [6.07, 6.45) is 12.3. The lowest BCUT2D eigenvalue weighted by atomic mass is 9.46. The highest BCUT2D eigenvalue weighted by Gasteiger charge is 2.63. The Morgan fingerprint density at radius 3 is 2.37 bits per heavy atom. The van der Waals surface area contributed by atoms with Crippen molar-refractivity contribution in [2.24, 2.45) is 34.5 Å². The molecule has 3 fully saturated rings. The van der Waals surface area contributed by atoms with E-state index in [0.29, 0.717) is 17.3 Å². The third kappa shape index (κ3) is 2.94. The molecule has 0 heterocycles. The van der Waals surface area contributed by atoms with Gasteiger partial charge in [0.25, 0.3) is 0 Å². The molecule has 6 unspecified atom stereocenters. The van der Waals surface area contributed by atoms with Crippen molar-refractivity contribution in [3.8, 4) is 0 Å². The summed E-state index contributed by atoms with van der Waals surface area (Å²) < 4.78 is 11.4. The van der Waals surface area contributed by atoms with Gasteiger partial charge in [0.05, 0.1) is 0 Å². The Hall–Kier alpha value is -1.32. The summed E-state index contributed by atoms with van der Waals surface area (Å²) in [6.45, 7) is 7.72. The zero-order valence-electron chi connectivity index (χ0n) is 17.2. The Balaban J connectivity index is 1.64. The molecule has 4 aliphatic rings. The van der Waals surface area contributed by atoms with Gasteiger partial charge in [-0.15, -0.1) is 0 Å². The van der Waals surface area contributed by atoms with Gasteiger partial charge in [-0.25, -0.2) is 0 Å². The maximum atomic E-state index is 11.8. The van der Waals surface area contributed by atoms with Gasteiger partial charge in [-0.3, -0.25) is 9.59 Å². The molecule has 27 heavy (non-hydrogen) atoms. The average Bonchev–Trinajstić information content (AvgIpc) is 2.86. The minimum atomic E-state index is -0.304. The van der Waals surface area contributed by atoms with E-state index in [1.165, 1.54) is 46.0 Å². The second-order valence-corrected chi connectivity index (χ2v) is 10.0. The molecule has 0 saturated heterocycles. The molecule has 4 rings (SSSR count). The Bertz CT molecular complexity index is 655. The molecule has 0 amide bonds. The van der Waals surface area contributed by atoms with Crippen LogP contribution in [0.3, 0.4) is 0 Å². The Kier molecular flexibility index (Phi) is 4.67. The van der Waals surface area contributed by atoms with E-state index in [1.807, 2.05) is 0 Å². The minimum Gasteiger partial charge on any atom is -0.459 e. The van der Waals surface area contributed by atoms with E-state index < -0.39 is 0 Å². The second kappa shape index (κ2) is 6.63. The van der Waals surface area contributed by atoms with Crippen LogP contribution >= 0.6 is 0 Å². The van der Waals surface area contributed by atoms with Crippen LogP contribution in [0.5, 0.6) is 0 Å². The van der Waals surface area contributed by atoms with Crippen LogP contribution in [0.4, 0.5) is 0 Å². The monoisotopic (exact) mass is 374 g/mol. The lowest BCUT2D eigenvalue weighted by Gasteiger charge is -2.59. The molecule has 4 heteroatoms. The van der Waals surface area contributed by atoms with Crippen molar-refractivity contribution in [2.75, 3.05) is 0 Å². The van der Waals surface area contributed by atoms with Gasteiger partial charge in [0.15, 0.2) is 0 Å². The number of carbonyl (C=O) groups excluding carboxylic acids is 2. The summed E-state index contributed by atoms with van der Waals surface area (Å²) in [6, 6.07) is 0. The molecule has 0 aromatic heterocycles. The number of allylic oxidation sites excluding steroid dienone is 2. The molecule has 0 N–H and O–H groups in total. The average molecular weight is 375 g/mol. The number of hydrogen-bond acceptors (Lipinski definition) is 4. The third-order valence-corrected chi connectivity index (χ3v) is 8.73. The predicted molar refractivity (Wildman–Crippen MR) is 103 cm³/mol. The van der Waals surface area contributed by atoms with Gasteiger partial charge in [-0.1, -0.05) is 26.0 Å². The van der Waals surface area contributed by atoms with E-state index in [0.717, 1.165) is 24.7 Å². The fourth-order valence-electron chi connectivity index (χ4n) is 7.49. The summed E-state index contributed by atoms with van der Waals surface area (Å²) in [7, 11) is 0. The first-order valence-corrected chi connectivity index (χ1v) is 10.7. The molecule has 8 atom stereocenters. The molecule has 0 aliphatic heterocycles. The van der Waals surface area contributed by atoms with E-state index in [2.05, 4.69) is 26.0 Å². The van der Waals surface area contributed by atoms with Crippen LogP contribution in [0.25, 0.3) is 0 Å². The first-order chi connectivity index (χ1) is 12.8.